The number of anilines is 3. The number of hydrogen-bond acceptors (Lipinski definition) is 3. The molecule has 0 aliphatic carbocycles. The molecular weight excluding hydrogens is 511 g/mol. The predicted octanol–water partition coefficient (Wildman–Crippen LogP) is 8.64. The van der Waals surface area contributed by atoms with Crippen LogP contribution >= 0.6 is 22.7 Å². The van der Waals surface area contributed by atoms with E-state index in [1.807, 2.05) is 22.7 Å². The van der Waals surface area contributed by atoms with E-state index in [0.29, 0.717) is 0 Å². The molecule has 39 heavy (non-hydrogen) atoms. The maximum atomic E-state index is 2.66. The molecule has 5 aromatic carbocycles. The second kappa shape index (κ2) is 7.20. The largest absolute Gasteiger partial charge is 0.375 e. The summed E-state index contributed by atoms with van der Waals surface area (Å²) in [5.41, 5.74) is 10.6. The molecule has 0 spiro atoms. The standard InChI is InChI=1S/C34H19BN2S2/c1-2-10-20(11-3-1)36-26-16-8-6-14-24(26)35-32-27(36)19-38-34(32)23-18-29-30(22-13-5-9-17-28(22)39-29)31-21-12-4-7-15-25(21)37(35)33(23)31/h1-19H. The maximum Gasteiger partial charge on any atom is 0.333 e. The van der Waals surface area contributed by atoms with E-state index in [1.54, 1.807) is 0 Å². The Balaban J connectivity index is 1.43. The van der Waals surface area contributed by atoms with Crippen LogP contribution in [0.25, 0.3) is 52.4 Å². The summed E-state index contributed by atoms with van der Waals surface area (Å²) in [7, 11) is 0. The molecule has 5 heteroatoms. The summed E-state index contributed by atoms with van der Waals surface area (Å²) in [6.45, 7) is 0.134. The van der Waals surface area contributed by atoms with Gasteiger partial charge in [0.15, 0.2) is 0 Å². The lowest BCUT2D eigenvalue weighted by molar-refractivity contribution is 1.27. The Morgan fingerprint density at radius 2 is 1.41 bits per heavy atom. The van der Waals surface area contributed by atoms with E-state index in [1.165, 1.54) is 80.4 Å². The molecular formula is C34H19BN2S2. The van der Waals surface area contributed by atoms with Gasteiger partial charge in [0.1, 0.15) is 0 Å². The van der Waals surface area contributed by atoms with Crippen LogP contribution in [0.3, 0.4) is 0 Å². The molecule has 0 saturated carbocycles. The Morgan fingerprint density at radius 3 is 2.33 bits per heavy atom. The van der Waals surface area contributed by atoms with Crippen LogP contribution in [0.15, 0.2) is 115 Å². The van der Waals surface area contributed by atoms with Crippen LogP contribution < -0.4 is 15.8 Å². The van der Waals surface area contributed by atoms with E-state index in [4.69, 9.17) is 0 Å². The molecule has 0 radical (unpaired) electrons. The molecule has 0 amide bonds. The average molecular weight is 530 g/mol. The maximum absolute atomic E-state index is 2.66. The molecule has 8 aromatic rings. The summed E-state index contributed by atoms with van der Waals surface area (Å²) in [5.74, 6) is 0. The van der Waals surface area contributed by atoms with Crippen molar-refractivity contribution in [3.63, 3.8) is 0 Å². The van der Waals surface area contributed by atoms with Crippen LogP contribution in [0.2, 0.25) is 0 Å². The predicted molar refractivity (Wildman–Crippen MR) is 171 cm³/mol. The molecule has 3 aromatic heterocycles. The topological polar surface area (TPSA) is 8.17 Å². The third-order valence-corrected chi connectivity index (χ3v) is 10.8. The van der Waals surface area contributed by atoms with Crippen molar-refractivity contribution in [2.24, 2.45) is 0 Å². The van der Waals surface area contributed by atoms with Gasteiger partial charge in [-0.1, -0.05) is 72.8 Å². The molecule has 0 bridgehead atoms. The molecule has 10 rings (SSSR count). The van der Waals surface area contributed by atoms with Gasteiger partial charge in [-0.2, -0.15) is 0 Å². The first-order valence-corrected chi connectivity index (χ1v) is 15.0. The lowest BCUT2D eigenvalue weighted by Crippen LogP contribution is -2.55. The van der Waals surface area contributed by atoms with E-state index in [2.05, 4.69) is 124 Å². The van der Waals surface area contributed by atoms with E-state index in [9.17, 15) is 0 Å². The molecule has 0 saturated heterocycles. The second-order valence-corrected chi connectivity index (χ2v) is 12.5. The fourth-order valence-electron chi connectivity index (χ4n) is 7.18. The monoisotopic (exact) mass is 530 g/mol. The number of nitrogens with zero attached hydrogens (tertiary/aromatic N) is 2. The molecule has 0 atom stereocenters. The van der Waals surface area contributed by atoms with Crippen molar-refractivity contribution in [2.75, 3.05) is 4.90 Å². The van der Waals surface area contributed by atoms with Crippen molar-refractivity contribution in [1.29, 1.82) is 0 Å². The third kappa shape index (κ3) is 2.44. The highest BCUT2D eigenvalue weighted by molar-refractivity contribution is 7.26. The molecule has 2 aliphatic heterocycles. The van der Waals surface area contributed by atoms with Gasteiger partial charge in [0.05, 0.1) is 5.69 Å². The Bertz CT molecular complexity index is 2310. The van der Waals surface area contributed by atoms with Crippen molar-refractivity contribution < 1.29 is 0 Å². The lowest BCUT2D eigenvalue weighted by atomic mass is 9.46. The van der Waals surface area contributed by atoms with E-state index in [0.717, 1.165) is 0 Å². The van der Waals surface area contributed by atoms with E-state index in [-0.39, 0.29) is 6.85 Å². The zero-order valence-corrected chi connectivity index (χ0v) is 22.4. The summed E-state index contributed by atoms with van der Waals surface area (Å²) < 4.78 is 5.39. The normalized spacial score (nSPS) is 13.5. The first kappa shape index (κ1) is 20.6. The molecule has 180 valence electrons. The first-order chi connectivity index (χ1) is 19.4. The van der Waals surface area contributed by atoms with Gasteiger partial charge < -0.3 is 9.38 Å². The fourth-order valence-corrected chi connectivity index (χ4v) is 9.42. The molecule has 0 unspecified atom stereocenters. The highest BCUT2D eigenvalue weighted by Gasteiger charge is 2.43. The fraction of sp³-hybridized carbons (Fsp3) is 0. The Morgan fingerprint density at radius 1 is 0.641 bits per heavy atom. The smallest absolute Gasteiger partial charge is 0.333 e. The van der Waals surface area contributed by atoms with Crippen molar-refractivity contribution in [3.8, 4) is 10.4 Å². The number of fused-ring (bicyclic) bond motifs is 11. The van der Waals surface area contributed by atoms with E-state index < -0.39 is 0 Å². The van der Waals surface area contributed by atoms with Crippen molar-refractivity contribution in [2.45, 2.75) is 0 Å². The number of benzene rings is 5. The van der Waals surface area contributed by atoms with Gasteiger partial charge in [-0.25, -0.2) is 0 Å². The van der Waals surface area contributed by atoms with Gasteiger partial charge in [0.25, 0.3) is 0 Å². The van der Waals surface area contributed by atoms with Crippen LogP contribution in [-0.4, -0.2) is 11.3 Å². The van der Waals surface area contributed by atoms with Gasteiger partial charge >= 0.3 is 6.85 Å². The van der Waals surface area contributed by atoms with Crippen LogP contribution in [0.5, 0.6) is 0 Å². The third-order valence-electron chi connectivity index (χ3n) is 8.63. The minimum Gasteiger partial charge on any atom is -0.375 e. The summed E-state index contributed by atoms with van der Waals surface area (Å²) in [5, 5.41) is 7.90. The zero-order valence-electron chi connectivity index (χ0n) is 20.8. The Kier molecular flexibility index (Phi) is 3.81. The molecule has 0 N–H and O–H groups in total. The van der Waals surface area contributed by atoms with Gasteiger partial charge in [-0.15, -0.1) is 22.7 Å². The molecule has 2 nitrogen and oxygen atoms in total. The summed E-state index contributed by atoms with van der Waals surface area (Å²) >= 11 is 3.82. The van der Waals surface area contributed by atoms with Crippen molar-refractivity contribution in [3.05, 3.63) is 115 Å². The average Bonchev–Trinajstić information content (AvgIpc) is 3.68. The first-order valence-electron chi connectivity index (χ1n) is 13.3. The summed E-state index contributed by atoms with van der Waals surface area (Å²) in [6, 6.07) is 40.3. The molecule has 0 fully saturated rings. The van der Waals surface area contributed by atoms with Crippen LogP contribution in [0.4, 0.5) is 17.1 Å². The molecule has 2 aliphatic rings. The van der Waals surface area contributed by atoms with Crippen LogP contribution in [0, 0.1) is 0 Å². The minimum absolute atomic E-state index is 0.134. The highest BCUT2D eigenvalue weighted by atomic mass is 32.1. The number of para-hydroxylation sites is 3. The second-order valence-electron chi connectivity index (χ2n) is 10.5. The number of rotatable bonds is 1. The molecule has 5 heterocycles. The van der Waals surface area contributed by atoms with Gasteiger partial charge in [0, 0.05) is 69.2 Å². The van der Waals surface area contributed by atoms with Gasteiger partial charge in [-0.3, -0.25) is 0 Å². The zero-order chi connectivity index (χ0) is 25.2. The highest BCUT2D eigenvalue weighted by Crippen LogP contribution is 2.51. The van der Waals surface area contributed by atoms with E-state index >= 15 is 0 Å². The van der Waals surface area contributed by atoms with Gasteiger partial charge in [-0.05, 0) is 47.3 Å². The van der Waals surface area contributed by atoms with Crippen LogP contribution in [0.1, 0.15) is 0 Å². The number of hydrogen-bond donors (Lipinski definition) is 0. The van der Waals surface area contributed by atoms with Crippen LogP contribution in [-0.2, 0) is 0 Å². The summed E-state index contributed by atoms with van der Waals surface area (Å²) in [4.78, 5) is 3.87. The SMILES string of the molecule is c1ccc(N2c3ccccc3B3c4c2csc4-c2cc4sc5ccccc5c4c4c5ccccc5n3c24)cc1. The number of aromatic nitrogens is 1. The van der Waals surface area contributed by atoms with Crippen molar-refractivity contribution in [1.82, 2.24) is 4.48 Å². The van der Waals surface area contributed by atoms with Gasteiger partial charge in [0.2, 0.25) is 0 Å². The van der Waals surface area contributed by atoms with Crippen molar-refractivity contribution >= 4 is 99.5 Å². The minimum atomic E-state index is 0.134. The Hall–Kier alpha value is -4.32. The Labute approximate surface area is 233 Å². The quantitative estimate of drug-likeness (QED) is 0.193. The lowest BCUT2D eigenvalue weighted by Gasteiger charge is -2.37. The number of thiophene rings is 2. The summed E-state index contributed by atoms with van der Waals surface area (Å²) in [6.07, 6.45) is 0.